The number of hydrogen-bond acceptors (Lipinski definition) is 2. The standard InChI is InChI=1S/C26H19N2O2P/c29-26(27-20-14-13-18-7-4-5-8-19(18)17-20)25(31-30)23-11-6-12-24-22(23)15-16-28(24)21-9-2-1-3-10-21/h1-17,25H,(H,27,29). The zero-order chi connectivity index (χ0) is 21.2. The number of amides is 1. The van der Waals surface area contributed by atoms with Gasteiger partial charge in [0.05, 0.1) is 5.52 Å². The summed E-state index contributed by atoms with van der Waals surface area (Å²) in [5.41, 5.74) is 2.62. The average molecular weight is 422 g/mol. The van der Waals surface area contributed by atoms with E-state index in [0.29, 0.717) is 5.69 Å². The van der Waals surface area contributed by atoms with Gasteiger partial charge in [0.1, 0.15) is 5.66 Å². The van der Waals surface area contributed by atoms with E-state index in [2.05, 4.69) is 9.88 Å². The summed E-state index contributed by atoms with van der Waals surface area (Å²) < 4.78 is 14.2. The Morgan fingerprint density at radius 2 is 1.58 bits per heavy atom. The van der Waals surface area contributed by atoms with Crippen LogP contribution in [0.2, 0.25) is 0 Å². The second kappa shape index (κ2) is 8.17. The predicted octanol–water partition coefficient (Wildman–Crippen LogP) is 6.76. The third-order valence-electron chi connectivity index (χ3n) is 5.47. The summed E-state index contributed by atoms with van der Waals surface area (Å²) in [6, 6.07) is 31.5. The zero-order valence-corrected chi connectivity index (χ0v) is 17.5. The molecule has 5 heteroatoms. The van der Waals surface area contributed by atoms with E-state index in [1.165, 1.54) is 0 Å². The average Bonchev–Trinajstić information content (AvgIpc) is 3.25. The lowest BCUT2D eigenvalue weighted by molar-refractivity contribution is -0.115. The molecule has 5 aromatic rings. The first-order valence-electron chi connectivity index (χ1n) is 10.0. The molecule has 1 aromatic heterocycles. The van der Waals surface area contributed by atoms with Gasteiger partial charge < -0.3 is 9.88 Å². The fraction of sp³-hybridized carbons (Fsp3) is 0.0385. The molecule has 0 radical (unpaired) electrons. The Morgan fingerprint density at radius 1 is 0.806 bits per heavy atom. The van der Waals surface area contributed by atoms with E-state index >= 15 is 0 Å². The van der Waals surface area contributed by atoms with Crippen molar-refractivity contribution in [1.29, 1.82) is 0 Å². The number of carbonyl (C=O) groups excluding carboxylic acids is 1. The highest BCUT2D eigenvalue weighted by Crippen LogP contribution is 2.35. The molecule has 1 unspecified atom stereocenters. The van der Waals surface area contributed by atoms with E-state index in [1.54, 1.807) is 0 Å². The van der Waals surface area contributed by atoms with Crippen LogP contribution in [0.1, 0.15) is 11.2 Å². The fourth-order valence-corrected chi connectivity index (χ4v) is 4.47. The Bertz CT molecular complexity index is 1410. The highest BCUT2D eigenvalue weighted by Gasteiger charge is 2.24. The number of aromatic nitrogens is 1. The topological polar surface area (TPSA) is 51.1 Å². The van der Waals surface area contributed by atoms with Crippen LogP contribution in [0.25, 0.3) is 27.4 Å². The van der Waals surface area contributed by atoms with Crippen molar-refractivity contribution in [3.63, 3.8) is 0 Å². The first kappa shape index (κ1) is 19.2. The number of fused-ring (bicyclic) bond motifs is 2. The maximum atomic E-state index is 13.1. The fourth-order valence-electron chi connectivity index (χ4n) is 3.97. The van der Waals surface area contributed by atoms with Gasteiger partial charge in [-0.2, -0.15) is 0 Å². The predicted molar refractivity (Wildman–Crippen MR) is 126 cm³/mol. The van der Waals surface area contributed by atoms with Gasteiger partial charge in [-0.15, -0.1) is 0 Å². The van der Waals surface area contributed by atoms with Gasteiger partial charge in [-0.3, -0.25) is 9.36 Å². The summed E-state index contributed by atoms with van der Waals surface area (Å²) >= 11 is 0. The summed E-state index contributed by atoms with van der Waals surface area (Å²) in [5.74, 6) is -0.299. The van der Waals surface area contributed by atoms with Gasteiger partial charge in [0.25, 0.3) is 0 Å². The maximum Gasteiger partial charge on any atom is 0.243 e. The number of anilines is 1. The lowest BCUT2D eigenvalue weighted by Gasteiger charge is -2.13. The molecule has 31 heavy (non-hydrogen) atoms. The lowest BCUT2D eigenvalue weighted by atomic mass is 10.1. The first-order valence-corrected chi connectivity index (χ1v) is 10.9. The van der Waals surface area contributed by atoms with Crippen molar-refractivity contribution in [2.45, 2.75) is 5.66 Å². The molecule has 0 aliphatic rings. The highest BCUT2D eigenvalue weighted by atomic mass is 31.1. The van der Waals surface area contributed by atoms with Crippen molar-refractivity contribution < 1.29 is 9.36 Å². The van der Waals surface area contributed by atoms with Gasteiger partial charge in [0.15, 0.2) is 8.46 Å². The van der Waals surface area contributed by atoms with E-state index < -0.39 is 5.66 Å². The third kappa shape index (κ3) is 3.63. The van der Waals surface area contributed by atoms with E-state index in [0.717, 1.165) is 32.9 Å². The minimum atomic E-state index is -0.804. The van der Waals surface area contributed by atoms with Gasteiger partial charge in [-0.05, 0) is 52.7 Å². The molecule has 1 N–H and O–H groups in total. The van der Waals surface area contributed by atoms with Crippen LogP contribution in [-0.4, -0.2) is 10.5 Å². The molecular weight excluding hydrogens is 403 g/mol. The molecule has 0 aliphatic carbocycles. The van der Waals surface area contributed by atoms with Gasteiger partial charge in [-0.1, -0.05) is 60.7 Å². The van der Waals surface area contributed by atoms with Crippen molar-refractivity contribution >= 4 is 41.7 Å². The van der Waals surface area contributed by atoms with Crippen LogP contribution in [0.4, 0.5) is 5.69 Å². The lowest BCUT2D eigenvalue weighted by Crippen LogP contribution is -2.17. The monoisotopic (exact) mass is 422 g/mol. The number of carbonyl (C=O) groups is 1. The number of para-hydroxylation sites is 1. The summed E-state index contributed by atoms with van der Waals surface area (Å²) in [4.78, 5) is 13.1. The SMILES string of the molecule is O=PC(C(=O)Nc1ccc2ccccc2c1)c1cccc2c1ccn2-c1ccccc1. The number of nitrogens with zero attached hydrogens (tertiary/aromatic N) is 1. The van der Waals surface area contributed by atoms with E-state index in [-0.39, 0.29) is 14.4 Å². The largest absolute Gasteiger partial charge is 0.325 e. The third-order valence-corrected chi connectivity index (χ3v) is 6.19. The number of nitrogens with one attached hydrogen (secondary N) is 1. The molecular formula is C26H19N2O2P. The molecule has 0 bridgehead atoms. The normalized spacial score (nSPS) is 12.3. The molecule has 0 saturated carbocycles. The molecule has 1 amide bonds. The Kier molecular flexibility index (Phi) is 5.07. The Morgan fingerprint density at radius 3 is 2.39 bits per heavy atom. The molecule has 4 aromatic carbocycles. The summed E-state index contributed by atoms with van der Waals surface area (Å²) in [7, 11) is -0.245. The minimum Gasteiger partial charge on any atom is -0.325 e. The summed E-state index contributed by atoms with van der Waals surface area (Å²) in [6.45, 7) is 0. The van der Waals surface area contributed by atoms with Crippen molar-refractivity contribution in [3.8, 4) is 5.69 Å². The van der Waals surface area contributed by atoms with Crippen molar-refractivity contribution in [3.05, 3.63) is 109 Å². The van der Waals surface area contributed by atoms with Crippen molar-refractivity contribution in [2.75, 3.05) is 5.32 Å². The minimum absolute atomic E-state index is 0.245. The van der Waals surface area contributed by atoms with Crippen molar-refractivity contribution in [2.24, 2.45) is 0 Å². The van der Waals surface area contributed by atoms with Crippen LogP contribution in [0.5, 0.6) is 0 Å². The molecule has 0 fully saturated rings. The zero-order valence-electron chi connectivity index (χ0n) is 16.6. The number of benzene rings is 4. The molecule has 150 valence electrons. The van der Waals surface area contributed by atoms with E-state index in [1.807, 2.05) is 103 Å². The van der Waals surface area contributed by atoms with Crippen LogP contribution in [0.15, 0.2) is 103 Å². The molecule has 0 saturated heterocycles. The molecule has 1 atom stereocenters. The van der Waals surface area contributed by atoms with Gasteiger partial charge in [0, 0.05) is 23.0 Å². The van der Waals surface area contributed by atoms with Gasteiger partial charge >= 0.3 is 0 Å². The Balaban J connectivity index is 1.49. The Hall–Kier alpha value is -3.75. The first-order chi connectivity index (χ1) is 15.2. The van der Waals surface area contributed by atoms with E-state index in [4.69, 9.17) is 0 Å². The van der Waals surface area contributed by atoms with Crippen LogP contribution in [0, 0.1) is 0 Å². The molecule has 5 rings (SSSR count). The van der Waals surface area contributed by atoms with Crippen LogP contribution in [-0.2, 0) is 9.36 Å². The second-order valence-electron chi connectivity index (χ2n) is 7.36. The van der Waals surface area contributed by atoms with Crippen LogP contribution in [0.3, 0.4) is 0 Å². The van der Waals surface area contributed by atoms with Crippen molar-refractivity contribution in [1.82, 2.24) is 4.57 Å². The summed E-state index contributed by atoms with van der Waals surface area (Å²) in [6.07, 6.45) is 1.98. The Labute approximate surface area is 181 Å². The van der Waals surface area contributed by atoms with Gasteiger partial charge in [-0.25, -0.2) is 0 Å². The number of rotatable bonds is 5. The molecule has 4 nitrogen and oxygen atoms in total. The van der Waals surface area contributed by atoms with Gasteiger partial charge in [0.2, 0.25) is 5.91 Å². The molecule has 1 heterocycles. The number of hydrogen-bond donors (Lipinski definition) is 1. The molecule has 0 aliphatic heterocycles. The summed E-state index contributed by atoms with van der Waals surface area (Å²) in [5, 5.41) is 5.99. The maximum absolute atomic E-state index is 13.1. The van der Waals surface area contributed by atoms with Crippen LogP contribution < -0.4 is 5.32 Å². The van der Waals surface area contributed by atoms with E-state index in [9.17, 15) is 9.36 Å². The van der Waals surface area contributed by atoms with Crippen LogP contribution >= 0.6 is 8.46 Å². The quantitative estimate of drug-likeness (QED) is 0.318. The molecule has 0 spiro atoms. The second-order valence-corrected chi connectivity index (χ2v) is 8.09. The smallest absolute Gasteiger partial charge is 0.243 e. The highest BCUT2D eigenvalue weighted by molar-refractivity contribution is 7.26.